The average Bonchev–Trinajstić information content (AvgIpc) is 3.27. The van der Waals surface area contributed by atoms with Crippen LogP contribution in [0.4, 0.5) is 10.5 Å². The van der Waals surface area contributed by atoms with Crippen LogP contribution in [0.15, 0.2) is 24.4 Å². The summed E-state index contributed by atoms with van der Waals surface area (Å²) in [6.07, 6.45) is 2.87. The van der Waals surface area contributed by atoms with Crippen LogP contribution in [0.5, 0.6) is 0 Å². The number of rotatable bonds is 1. The van der Waals surface area contributed by atoms with Gasteiger partial charge >= 0.3 is 6.09 Å². The van der Waals surface area contributed by atoms with Gasteiger partial charge in [0.1, 0.15) is 5.60 Å². The van der Waals surface area contributed by atoms with E-state index in [-0.39, 0.29) is 12.0 Å². The van der Waals surface area contributed by atoms with E-state index >= 15 is 0 Å². The fourth-order valence-corrected chi connectivity index (χ4v) is 3.90. The Hall–Kier alpha value is -2.57. The Morgan fingerprint density at radius 1 is 1.27 bits per heavy atom. The Balaban J connectivity index is 1.51. The third-order valence-corrected chi connectivity index (χ3v) is 5.25. The van der Waals surface area contributed by atoms with E-state index in [0.717, 1.165) is 23.0 Å². The van der Waals surface area contributed by atoms with Crippen LogP contribution in [-0.2, 0) is 9.53 Å². The molecule has 7 heteroatoms. The topological polar surface area (TPSA) is 78.5 Å². The molecule has 1 N–H and O–H groups in total. The molecule has 2 saturated heterocycles. The molecule has 0 aliphatic carbocycles. The summed E-state index contributed by atoms with van der Waals surface area (Å²) in [5.74, 6) is 0.103. The van der Waals surface area contributed by atoms with E-state index in [1.807, 2.05) is 43.9 Å². The number of amides is 2. The quantitative estimate of drug-likeness (QED) is 0.852. The van der Waals surface area contributed by atoms with Crippen LogP contribution >= 0.6 is 0 Å². The van der Waals surface area contributed by atoms with Gasteiger partial charge in [0.05, 0.1) is 17.1 Å². The molecule has 138 valence electrons. The first-order valence-corrected chi connectivity index (χ1v) is 9.01. The number of fused-ring (bicyclic) bond motifs is 1. The van der Waals surface area contributed by atoms with Gasteiger partial charge in [0.25, 0.3) is 0 Å². The number of nitrogens with one attached hydrogen (secondary N) is 1. The molecule has 2 aliphatic heterocycles. The molecule has 2 aliphatic rings. The third-order valence-electron chi connectivity index (χ3n) is 5.25. The van der Waals surface area contributed by atoms with Crippen LogP contribution in [-0.4, -0.2) is 52.3 Å². The van der Waals surface area contributed by atoms with Crippen molar-refractivity contribution in [2.45, 2.75) is 39.2 Å². The molecule has 3 heterocycles. The summed E-state index contributed by atoms with van der Waals surface area (Å²) in [5, 5.41) is 7.94. The normalized spacial score (nSPS) is 23.4. The van der Waals surface area contributed by atoms with Crippen molar-refractivity contribution in [2.75, 3.05) is 24.5 Å². The van der Waals surface area contributed by atoms with Gasteiger partial charge in [0, 0.05) is 30.7 Å². The molecule has 0 bridgehead atoms. The van der Waals surface area contributed by atoms with Crippen molar-refractivity contribution in [3.05, 3.63) is 24.4 Å². The van der Waals surface area contributed by atoms with Gasteiger partial charge in [0.15, 0.2) is 0 Å². The predicted octanol–water partition coefficient (Wildman–Crippen LogP) is 2.93. The molecule has 4 rings (SSSR count). The number of ether oxygens (including phenoxy) is 1. The molecule has 26 heavy (non-hydrogen) atoms. The summed E-state index contributed by atoms with van der Waals surface area (Å²) in [6, 6.07) is 5.87. The van der Waals surface area contributed by atoms with Crippen molar-refractivity contribution < 1.29 is 14.3 Å². The van der Waals surface area contributed by atoms with Crippen molar-refractivity contribution in [1.29, 1.82) is 0 Å². The molecular weight excluding hydrogens is 332 g/mol. The zero-order valence-corrected chi connectivity index (χ0v) is 15.4. The van der Waals surface area contributed by atoms with E-state index < -0.39 is 11.0 Å². The number of H-pyrrole nitrogens is 1. The summed E-state index contributed by atoms with van der Waals surface area (Å²) in [4.78, 5) is 29.0. The lowest BCUT2D eigenvalue weighted by Gasteiger charge is -2.26. The molecule has 1 spiro atoms. The number of aromatic nitrogens is 2. The van der Waals surface area contributed by atoms with E-state index in [1.165, 1.54) is 0 Å². The smallest absolute Gasteiger partial charge is 0.410 e. The number of carbonyl (C=O) groups excluding carboxylic acids is 2. The maximum atomic E-state index is 13.2. The summed E-state index contributed by atoms with van der Waals surface area (Å²) in [6.45, 7) is 7.23. The minimum atomic E-state index is -0.529. The molecule has 2 amide bonds. The Morgan fingerprint density at radius 3 is 2.81 bits per heavy atom. The molecule has 0 saturated carbocycles. The minimum Gasteiger partial charge on any atom is -0.444 e. The first-order valence-electron chi connectivity index (χ1n) is 9.01. The standard InChI is InChI=1S/C19H24N4O3/c1-18(2,3)26-17(25)22-8-6-19(12-22)7-9-23(16(19)24)14-4-5-15-13(10-14)11-20-21-15/h4-5,10-11H,6-9,12H2,1-3H3,(H,20,21)/t19-/m0/s1. The van der Waals surface area contributed by atoms with Crippen LogP contribution in [0.3, 0.4) is 0 Å². The fraction of sp³-hybridized carbons (Fsp3) is 0.526. The zero-order valence-electron chi connectivity index (χ0n) is 15.4. The molecule has 0 unspecified atom stereocenters. The highest BCUT2D eigenvalue weighted by Crippen LogP contribution is 2.43. The number of likely N-dealkylation sites (tertiary alicyclic amines) is 1. The molecule has 2 fully saturated rings. The SMILES string of the molecule is CC(C)(C)OC(=O)N1CC[C@]2(CCN(c3ccc4[nH]ncc4c3)C2=O)C1. The van der Waals surface area contributed by atoms with E-state index in [4.69, 9.17) is 4.74 Å². The molecule has 0 radical (unpaired) electrons. The average molecular weight is 356 g/mol. The number of nitrogens with zero attached hydrogens (tertiary/aromatic N) is 3. The first-order chi connectivity index (χ1) is 12.3. The van der Waals surface area contributed by atoms with Gasteiger partial charge in [-0.3, -0.25) is 9.89 Å². The minimum absolute atomic E-state index is 0.103. The van der Waals surface area contributed by atoms with Gasteiger partial charge in [-0.2, -0.15) is 5.10 Å². The summed E-state index contributed by atoms with van der Waals surface area (Å²) >= 11 is 0. The molecule has 1 atom stereocenters. The number of hydrogen-bond donors (Lipinski definition) is 1. The predicted molar refractivity (Wildman–Crippen MR) is 97.9 cm³/mol. The summed E-state index contributed by atoms with van der Waals surface area (Å²) in [7, 11) is 0. The monoisotopic (exact) mass is 356 g/mol. The van der Waals surface area contributed by atoms with Crippen LogP contribution in [0, 0.1) is 5.41 Å². The molecule has 1 aromatic heterocycles. The molecule has 7 nitrogen and oxygen atoms in total. The maximum absolute atomic E-state index is 13.2. The van der Waals surface area contributed by atoms with Crippen LogP contribution in [0.25, 0.3) is 10.9 Å². The Kier molecular flexibility index (Phi) is 3.71. The highest BCUT2D eigenvalue weighted by Gasteiger charge is 2.52. The van der Waals surface area contributed by atoms with Crippen molar-refractivity contribution in [3.8, 4) is 0 Å². The van der Waals surface area contributed by atoms with E-state index in [0.29, 0.717) is 26.1 Å². The van der Waals surface area contributed by atoms with Gasteiger partial charge in [-0.1, -0.05) is 0 Å². The second-order valence-corrected chi connectivity index (χ2v) is 8.28. The summed E-state index contributed by atoms with van der Waals surface area (Å²) in [5.41, 5.74) is 0.824. The lowest BCUT2D eigenvalue weighted by molar-refractivity contribution is -0.124. The first kappa shape index (κ1) is 16.9. The molecule has 1 aromatic carbocycles. The van der Waals surface area contributed by atoms with Crippen LogP contribution < -0.4 is 4.90 Å². The van der Waals surface area contributed by atoms with Crippen LogP contribution in [0.1, 0.15) is 33.6 Å². The number of carbonyl (C=O) groups is 2. The van der Waals surface area contributed by atoms with Crippen molar-refractivity contribution >= 4 is 28.6 Å². The number of anilines is 1. The van der Waals surface area contributed by atoms with Gasteiger partial charge < -0.3 is 14.5 Å². The second kappa shape index (κ2) is 5.72. The van der Waals surface area contributed by atoms with Crippen molar-refractivity contribution in [2.24, 2.45) is 5.41 Å². The Bertz CT molecular complexity index is 869. The Morgan fingerprint density at radius 2 is 2.04 bits per heavy atom. The van der Waals surface area contributed by atoms with Crippen molar-refractivity contribution in [1.82, 2.24) is 15.1 Å². The molecule has 2 aromatic rings. The van der Waals surface area contributed by atoms with E-state index in [1.54, 1.807) is 11.1 Å². The maximum Gasteiger partial charge on any atom is 0.410 e. The zero-order chi connectivity index (χ0) is 18.5. The van der Waals surface area contributed by atoms with E-state index in [2.05, 4.69) is 10.2 Å². The largest absolute Gasteiger partial charge is 0.444 e. The third kappa shape index (κ3) is 2.81. The number of aromatic amines is 1. The highest BCUT2D eigenvalue weighted by molar-refractivity contribution is 6.02. The summed E-state index contributed by atoms with van der Waals surface area (Å²) < 4.78 is 5.46. The Labute approximate surface area is 152 Å². The van der Waals surface area contributed by atoms with Gasteiger partial charge in [-0.25, -0.2) is 4.79 Å². The van der Waals surface area contributed by atoms with Gasteiger partial charge in [-0.05, 0) is 51.8 Å². The van der Waals surface area contributed by atoms with Crippen molar-refractivity contribution in [3.63, 3.8) is 0 Å². The van der Waals surface area contributed by atoms with E-state index in [9.17, 15) is 9.59 Å². The number of hydrogen-bond acceptors (Lipinski definition) is 4. The lowest BCUT2D eigenvalue weighted by atomic mass is 9.85. The van der Waals surface area contributed by atoms with Crippen LogP contribution in [0.2, 0.25) is 0 Å². The number of benzene rings is 1. The van der Waals surface area contributed by atoms with Gasteiger partial charge in [0.2, 0.25) is 5.91 Å². The van der Waals surface area contributed by atoms with Gasteiger partial charge in [-0.15, -0.1) is 0 Å². The second-order valence-electron chi connectivity index (χ2n) is 8.28. The lowest BCUT2D eigenvalue weighted by Crippen LogP contribution is -2.40. The molecular formula is C19H24N4O3. The fourth-order valence-electron chi connectivity index (χ4n) is 3.90. The highest BCUT2D eigenvalue weighted by atomic mass is 16.6.